The maximum absolute atomic E-state index is 11.9. The van der Waals surface area contributed by atoms with Crippen LogP contribution >= 0.6 is 0 Å². The van der Waals surface area contributed by atoms with Gasteiger partial charge in [-0.25, -0.2) is 0 Å². The molecular formula is C18H30N4O2. The van der Waals surface area contributed by atoms with Gasteiger partial charge in [0.05, 0.1) is 12.2 Å². The van der Waals surface area contributed by atoms with Crippen molar-refractivity contribution in [3.63, 3.8) is 0 Å². The first kappa shape index (κ1) is 17.4. The summed E-state index contributed by atoms with van der Waals surface area (Å²) in [5.74, 6) is 0.889. The zero-order valence-electron chi connectivity index (χ0n) is 14.8. The van der Waals surface area contributed by atoms with E-state index in [1.165, 1.54) is 19.3 Å². The predicted molar refractivity (Wildman–Crippen MR) is 92.6 cm³/mol. The molecule has 2 saturated heterocycles. The van der Waals surface area contributed by atoms with Gasteiger partial charge in [0.2, 0.25) is 5.91 Å². The number of carbonyl (C=O) groups is 1. The van der Waals surface area contributed by atoms with Gasteiger partial charge in [0.1, 0.15) is 0 Å². The molecule has 1 amide bonds. The number of hydrogen-bond acceptors (Lipinski definition) is 4. The third-order valence-electron chi connectivity index (χ3n) is 5.26. The Morgan fingerprint density at radius 1 is 1.42 bits per heavy atom. The second-order valence-corrected chi connectivity index (χ2v) is 7.18. The third-order valence-corrected chi connectivity index (χ3v) is 5.26. The SMILES string of the molecule is CCn1cc([C@@H]2NC(=O)CC[C@H]2N[C@@H](C)CC2CCOCC2)cn1. The standard InChI is InChI=1S/C18H30N4O2/c1-3-22-12-15(11-19-22)18-16(4-5-17(23)21-18)20-13(2)10-14-6-8-24-9-7-14/h11-14,16,18,20H,3-10H2,1-2H3,(H,21,23)/t13-,16+,18-/m0/s1. The van der Waals surface area contributed by atoms with Crippen molar-refractivity contribution in [2.75, 3.05) is 13.2 Å². The first-order valence-electron chi connectivity index (χ1n) is 9.31. The number of ether oxygens (including phenoxy) is 1. The number of aromatic nitrogens is 2. The summed E-state index contributed by atoms with van der Waals surface area (Å²) in [4.78, 5) is 11.9. The zero-order chi connectivity index (χ0) is 16.9. The molecule has 6 nitrogen and oxygen atoms in total. The summed E-state index contributed by atoms with van der Waals surface area (Å²) in [6.45, 7) is 6.98. The number of amides is 1. The minimum Gasteiger partial charge on any atom is -0.381 e. The summed E-state index contributed by atoms with van der Waals surface area (Å²) in [5, 5.41) is 11.3. The van der Waals surface area contributed by atoms with Crippen molar-refractivity contribution in [1.82, 2.24) is 20.4 Å². The largest absolute Gasteiger partial charge is 0.381 e. The molecule has 0 bridgehead atoms. The van der Waals surface area contributed by atoms with Crippen molar-refractivity contribution in [3.05, 3.63) is 18.0 Å². The van der Waals surface area contributed by atoms with Crippen LogP contribution in [0.25, 0.3) is 0 Å². The van der Waals surface area contributed by atoms with E-state index in [9.17, 15) is 4.79 Å². The molecule has 3 atom stereocenters. The molecular weight excluding hydrogens is 304 g/mol. The molecule has 0 radical (unpaired) electrons. The zero-order valence-corrected chi connectivity index (χ0v) is 14.8. The predicted octanol–water partition coefficient (Wildman–Crippen LogP) is 2.02. The Labute approximate surface area is 144 Å². The van der Waals surface area contributed by atoms with E-state index in [2.05, 4.69) is 29.6 Å². The Bertz CT molecular complexity index is 539. The van der Waals surface area contributed by atoms with Crippen LogP contribution in [0.4, 0.5) is 0 Å². The van der Waals surface area contributed by atoms with Crippen molar-refractivity contribution < 1.29 is 9.53 Å². The van der Waals surface area contributed by atoms with Crippen LogP contribution in [0.3, 0.4) is 0 Å². The lowest BCUT2D eigenvalue weighted by Crippen LogP contribution is -2.51. The Balaban J connectivity index is 1.61. The summed E-state index contributed by atoms with van der Waals surface area (Å²) in [7, 11) is 0. The number of carbonyl (C=O) groups excluding carboxylic acids is 1. The summed E-state index contributed by atoms with van der Waals surface area (Å²) >= 11 is 0. The number of rotatable bonds is 6. The topological polar surface area (TPSA) is 68.2 Å². The molecule has 1 aromatic rings. The number of piperidine rings is 1. The summed E-state index contributed by atoms with van der Waals surface area (Å²) in [5.41, 5.74) is 1.10. The molecule has 3 rings (SSSR count). The average molecular weight is 334 g/mol. The van der Waals surface area contributed by atoms with Gasteiger partial charge in [0, 0.05) is 50.0 Å². The third kappa shape index (κ3) is 4.36. The molecule has 2 aliphatic heterocycles. The molecule has 0 unspecified atom stereocenters. The highest BCUT2D eigenvalue weighted by atomic mass is 16.5. The van der Waals surface area contributed by atoms with Crippen molar-refractivity contribution in [1.29, 1.82) is 0 Å². The van der Waals surface area contributed by atoms with E-state index in [0.29, 0.717) is 12.5 Å². The van der Waals surface area contributed by atoms with Crippen LogP contribution in [0.1, 0.15) is 57.6 Å². The van der Waals surface area contributed by atoms with E-state index in [0.717, 1.165) is 37.7 Å². The molecule has 134 valence electrons. The van der Waals surface area contributed by atoms with Crippen LogP contribution in [0.2, 0.25) is 0 Å². The quantitative estimate of drug-likeness (QED) is 0.835. The van der Waals surface area contributed by atoms with E-state index in [-0.39, 0.29) is 18.0 Å². The smallest absolute Gasteiger partial charge is 0.220 e. The van der Waals surface area contributed by atoms with Gasteiger partial charge in [-0.3, -0.25) is 9.48 Å². The molecule has 0 aromatic carbocycles. The Kier molecular flexibility index (Phi) is 5.89. The van der Waals surface area contributed by atoms with E-state index in [4.69, 9.17) is 4.74 Å². The minimum atomic E-state index is 0.0173. The molecule has 2 aliphatic rings. The molecule has 3 heterocycles. The fourth-order valence-corrected chi connectivity index (χ4v) is 3.92. The normalized spacial score (nSPS) is 27.0. The molecule has 2 N–H and O–H groups in total. The van der Waals surface area contributed by atoms with E-state index < -0.39 is 0 Å². The van der Waals surface area contributed by atoms with E-state index in [1.807, 2.05) is 17.1 Å². The van der Waals surface area contributed by atoms with Gasteiger partial charge in [-0.15, -0.1) is 0 Å². The van der Waals surface area contributed by atoms with Crippen molar-refractivity contribution in [3.8, 4) is 0 Å². The molecule has 6 heteroatoms. The number of hydrogen-bond donors (Lipinski definition) is 2. The van der Waals surface area contributed by atoms with Crippen LogP contribution in [0.5, 0.6) is 0 Å². The van der Waals surface area contributed by atoms with Gasteiger partial charge in [0.25, 0.3) is 0 Å². The molecule has 0 saturated carbocycles. The number of aryl methyl sites for hydroxylation is 1. The molecule has 1 aromatic heterocycles. The highest BCUT2D eigenvalue weighted by Crippen LogP contribution is 2.26. The Morgan fingerprint density at radius 3 is 2.92 bits per heavy atom. The van der Waals surface area contributed by atoms with Gasteiger partial charge in [-0.05, 0) is 45.4 Å². The first-order chi connectivity index (χ1) is 11.7. The van der Waals surface area contributed by atoms with Gasteiger partial charge < -0.3 is 15.4 Å². The first-order valence-corrected chi connectivity index (χ1v) is 9.31. The van der Waals surface area contributed by atoms with Gasteiger partial charge >= 0.3 is 0 Å². The molecule has 0 spiro atoms. The van der Waals surface area contributed by atoms with Crippen molar-refractivity contribution in [2.24, 2.45) is 5.92 Å². The van der Waals surface area contributed by atoms with Crippen LogP contribution < -0.4 is 10.6 Å². The molecule has 2 fully saturated rings. The Hall–Kier alpha value is -1.40. The van der Waals surface area contributed by atoms with Gasteiger partial charge in [-0.1, -0.05) is 0 Å². The fraction of sp³-hybridized carbons (Fsp3) is 0.778. The lowest BCUT2D eigenvalue weighted by atomic mass is 9.90. The number of nitrogens with zero attached hydrogens (tertiary/aromatic N) is 2. The maximum atomic E-state index is 11.9. The van der Waals surface area contributed by atoms with Gasteiger partial charge in [-0.2, -0.15) is 5.10 Å². The highest BCUT2D eigenvalue weighted by Gasteiger charge is 2.32. The average Bonchev–Trinajstić information content (AvgIpc) is 3.06. The van der Waals surface area contributed by atoms with Crippen LogP contribution in [-0.2, 0) is 16.1 Å². The lowest BCUT2D eigenvalue weighted by Gasteiger charge is -2.35. The van der Waals surface area contributed by atoms with Gasteiger partial charge in [0.15, 0.2) is 0 Å². The second-order valence-electron chi connectivity index (χ2n) is 7.18. The maximum Gasteiger partial charge on any atom is 0.220 e. The highest BCUT2D eigenvalue weighted by molar-refractivity contribution is 5.77. The van der Waals surface area contributed by atoms with Crippen LogP contribution in [-0.4, -0.2) is 41.0 Å². The second kappa shape index (κ2) is 8.12. The summed E-state index contributed by atoms with van der Waals surface area (Å²) in [6.07, 6.45) is 8.92. The van der Waals surface area contributed by atoms with Crippen LogP contribution in [0, 0.1) is 5.92 Å². The fourth-order valence-electron chi connectivity index (χ4n) is 3.92. The van der Waals surface area contributed by atoms with E-state index in [1.54, 1.807) is 0 Å². The number of nitrogens with one attached hydrogen (secondary N) is 2. The molecule has 0 aliphatic carbocycles. The summed E-state index contributed by atoms with van der Waals surface area (Å²) < 4.78 is 7.37. The van der Waals surface area contributed by atoms with E-state index >= 15 is 0 Å². The monoisotopic (exact) mass is 334 g/mol. The summed E-state index contributed by atoms with van der Waals surface area (Å²) in [6, 6.07) is 0.729. The molecule has 24 heavy (non-hydrogen) atoms. The minimum absolute atomic E-state index is 0.0173. The van der Waals surface area contributed by atoms with Crippen molar-refractivity contribution >= 4 is 5.91 Å². The van der Waals surface area contributed by atoms with Crippen molar-refractivity contribution in [2.45, 2.75) is 70.6 Å². The van der Waals surface area contributed by atoms with Crippen LogP contribution in [0.15, 0.2) is 12.4 Å². The Morgan fingerprint density at radius 2 is 2.21 bits per heavy atom. The lowest BCUT2D eigenvalue weighted by molar-refractivity contribution is -0.124.